The van der Waals surface area contributed by atoms with Crippen molar-refractivity contribution in [2.45, 2.75) is 32.3 Å². The van der Waals surface area contributed by atoms with Crippen LogP contribution in [0.4, 0.5) is 0 Å². The molecule has 0 aliphatic heterocycles. The first-order valence-corrected chi connectivity index (χ1v) is 7.05. The Labute approximate surface area is 112 Å². The zero-order chi connectivity index (χ0) is 13.4. The van der Waals surface area contributed by atoms with Crippen molar-refractivity contribution in [2.75, 3.05) is 19.8 Å². The van der Waals surface area contributed by atoms with Crippen LogP contribution in [-0.4, -0.2) is 30.8 Å². The summed E-state index contributed by atoms with van der Waals surface area (Å²) in [5, 5.41) is 14.8. The van der Waals surface area contributed by atoms with Crippen molar-refractivity contribution in [3.05, 3.63) is 22.4 Å². The van der Waals surface area contributed by atoms with Crippen LogP contribution < -0.4 is 5.32 Å². The summed E-state index contributed by atoms with van der Waals surface area (Å²) >= 11 is 1.47. The largest absolute Gasteiger partial charge is 0.383 e. The molecule has 102 valence electrons. The predicted octanol–water partition coefficient (Wildman–Crippen LogP) is 1.89. The van der Waals surface area contributed by atoms with Gasteiger partial charge in [-0.2, -0.15) is 0 Å². The summed E-state index contributed by atoms with van der Waals surface area (Å²) in [4.78, 5) is 12.3. The minimum Gasteiger partial charge on any atom is -0.383 e. The zero-order valence-electron chi connectivity index (χ0n) is 10.9. The molecule has 2 N–H and O–H groups in total. The summed E-state index contributed by atoms with van der Waals surface area (Å²) in [6, 6.07) is 3.73. The summed E-state index contributed by atoms with van der Waals surface area (Å²) in [6.45, 7) is 4.62. The minimum atomic E-state index is -1.02. The Balaban J connectivity index is 2.25. The number of amides is 1. The van der Waals surface area contributed by atoms with Gasteiger partial charge in [0, 0.05) is 11.5 Å². The fraction of sp³-hybridized carbons (Fsp3) is 0.615. The highest BCUT2D eigenvalue weighted by Gasteiger charge is 2.24. The van der Waals surface area contributed by atoms with Crippen molar-refractivity contribution >= 4 is 17.2 Å². The fourth-order valence-electron chi connectivity index (χ4n) is 1.41. The number of carbonyl (C=O) groups is 1. The SMILES string of the molecule is CCCCOCC(=O)NCC(C)(O)c1cccs1. The van der Waals surface area contributed by atoms with Crippen LogP contribution in [0.5, 0.6) is 0 Å². The third-order valence-corrected chi connectivity index (χ3v) is 3.68. The van der Waals surface area contributed by atoms with E-state index in [2.05, 4.69) is 12.2 Å². The second-order valence-electron chi connectivity index (χ2n) is 4.43. The lowest BCUT2D eigenvalue weighted by Gasteiger charge is -2.22. The molecule has 1 atom stereocenters. The van der Waals surface area contributed by atoms with E-state index in [9.17, 15) is 9.90 Å². The van der Waals surface area contributed by atoms with Crippen LogP contribution >= 0.6 is 11.3 Å². The van der Waals surface area contributed by atoms with Crippen LogP contribution in [0.15, 0.2) is 17.5 Å². The maximum Gasteiger partial charge on any atom is 0.246 e. The molecule has 18 heavy (non-hydrogen) atoms. The first-order valence-electron chi connectivity index (χ1n) is 6.17. The Kier molecular flexibility index (Phi) is 6.32. The molecule has 0 fully saturated rings. The summed E-state index contributed by atoms with van der Waals surface area (Å²) in [5.41, 5.74) is -1.02. The Morgan fingerprint density at radius 1 is 1.61 bits per heavy atom. The smallest absolute Gasteiger partial charge is 0.246 e. The number of rotatable bonds is 8. The van der Waals surface area contributed by atoms with E-state index in [0.717, 1.165) is 17.7 Å². The molecule has 0 saturated heterocycles. The van der Waals surface area contributed by atoms with E-state index in [0.29, 0.717) is 6.61 Å². The normalized spacial score (nSPS) is 14.2. The van der Waals surface area contributed by atoms with Crippen molar-refractivity contribution in [1.29, 1.82) is 0 Å². The Morgan fingerprint density at radius 2 is 2.39 bits per heavy atom. The van der Waals surface area contributed by atoms with E-state index in [1.165, 1.54) is 11.3 Å². The molecule has 0 aliphatic rings. The summed E-state index contributed by atoms with van der Waals surface area (Å²) in [5.74, 6) is -0.192. The molecule has 0 radical (unpaired) electrons. The third-order valence-electron chi connectivity index (χ3n) is 2.56. The molecule has 5 heteroatoms. The number of nitrogens with one attached hydrogen (secondary N) is 1. The molecular weight excluding hydrogens is 250 g/mol. The quantitative estimate of drug-likeness (QED) is 0.710. The number of hydrogen-bond acceptors (Lipinski definition) is 4. The molecular formula is C13H21NO3S. The average Bonchev–Trinajstić information content (AvgIpc) is 2.87. The molecule has 0 saturated carbocycles. The van der Waals surface area contributed by atoms with Crippen molar-refractivity contribution in [3.8, 4) is 0 Å². The van der Waals surface area contributed by atoms with Crippen LogP contribution in [0.3, 0.4) is 0 Å². The van der Waals surface area contributed by atoms with Gasteiger partial charge in [0.05, 0.1) is 6.54 Å². The van der Waals surface area contributed by atoms with Gasteiger partial charge in [0.25, 0.3) is 0 Å². The van der Waals surface area contributed by atoms with Gasteiger partial charge in [-0.25, -0.2) is 0 Å². The molecule has 1 amide bonds. The van der Waals surface area contributed by atoms with E-state index >= 15 is 0 Å². The molecule has 0 aliphatic carbocycles. The molecule has 1 rings (SSSR count). The minimum absolute atomic E-state index is 0.0561. The maximum absolute atomic E-state index is 11.5. The lowest BCUT2D eigenvalue weighted by molar-refractivity contribution is -0.126. The third kappa shape index (κ3) is 5.16. The fourth-order valence-corrected chi connectivity index (χ4v) is 2.19. The zero-order valence-corrected chi connectivity index (χ0v) is 11.8. The lowest BCUT2D eigenvalue weighted by Crippen LogP contribution is -2.39. The highest BCUT2D eigenvalue weighted by molar-refractivity contribution is 7.10. The first kappa shape index (κ1) is 15.1. The van der Waals surface area contributed by atoms with Gasteiger partial charge in [0.15, 0.2) is 0 Å². The van der Waals surface area contributed by atoms with Crippen molar-refractivity contribution in [3.63, 3.8) is 0 Å². The van der Waals surface area contributed by atoms with Crippen molar-refractivity contribution in [2.24, 2.45) is 0 Å². The van der Waals surface area contributed by atoms with Gasteiger partial charge in [-0.15, -0.1) is 11.3 Å². The van der Waals surface area contributed by atoms with Crippen LogP contribution in [0.2, 0.25) is 0 Å². The molecule has 4 nitrogen and oxygen atoms in total. The molecule has 1 heterocycles. The number of thiophene rings is 1. The number of unbranched alkanes of at least 4 members (excludes halogenated alkanes) is 1. The monoisotopic (exact) mass is 271 g/mol. The van der Waals surface area contributed by atoms with Gasteiger partial charge in [-0.1, -0.05) is 19.4 Å². The highest BCUT2D eigenvalue weighted by atomic mass is 32.1. The molecule has 0 aromatic carbocycles. The number of ether oxygens (including phenoxy) is 1. The van der Waals surface area contributed by atoms with Gasteiger partial charge < -0.3 is 15.2 Å². The maximum atomic E-state index is 11.5. The number of hydrogen-bond donors (Lipinski definition) is 2. The first-order chi connectivity index (χ1) is 8.56. The van der Waals surface area contributed by atoms with E-state index in [4.69, 9.17) is 4.74 Å². The Hall–Kier alpha value is -0.910. The molecule has 1 unspecified atom stereocenters. The second kappa shape index (κ2) is 7.51. The molecule has 0 spiro atoms. The molecule has 0 bridgehead atoms. The summed E-state index contributed by atoms with van der Waals surface area (Å²) < 4.78 is 5.20. The lowest BCUT2D eigenvalue weighted by atomic mass is 10.1. The predicted molar refractivity (Wildman–Crippen MR) is 72.6 cm³/mol. The van der Waals surface area contributed by atoms with Gasteiger partial charge >= 0.3 is 0 Å². The summed E-state index contributed by atoms with van der Waals surface area (Å²) in [7, 11) is 0. The van der Waals surface area contributed by atoms with Crippen molar-refractivity contribution < 1.29 is 14.6 Å². The van der Waals surface area contributed by atoms with Crippen LogP contribution in [0, 0.1) is 0 Å². The van der Waals surface area contributed by atoms with E-state index < -0.39 is 5.60 Å². The van der Waals surface area contributed by atoms with Gasteiger partial charge in [0.1, 0.15) is 12.2 Å². The average molecular weight is 271 g/mol. The number of aliphatic hydroxyl groups is 1. The number of carbonyl (C=O) groups excluding carboxylic acids is 1. The van der Waals surface area contributed by atoms with Crippen LogP contribution in [0.25, 0.3) is 0 Å². The summed E-state index contributed by atoms with van der Waals surface area (Å²) in [6.07, 6.45) is 2.01. The molecule has 1 aromatic rings. The standard InChI is InChI=1S/C13H21NO3S/c1-3-4-7-17-9-12(15)14-10-13(2,16)11-6-5-8-18-11/h5-6,8,16H,3-4,7,9-10H2,1-2H3,(H,14,15). The Bertz CT molecular complexity index is 349. The van der Waals surface area contributed by atoms with E-state index in [-0.39, 0.29) is 19.1 Å². The van der Waals surface area contributed by atoms with Gasteiger partial charge in [-0.3, -0.25) is 4.79 Å². The van der Waals surface area contributed by atoms with Crippen LogP contribution in [-0.2, 0) is 15.1 Å². The van der Waals surface area contributed by atoms with Gasteiger partial charge in [0.2, 0.25) is 5.91 Å². The molecule has 1 aromatic heterocycles. The van der Waals surface area contributed by atoms with Gasteiger partial charge in [-0.05, 0) is 24.8 Å². The Morgan fingerprint density at radius 3 is 3.00 bits per heavy atom. The van der Waals surface area contributed by atoms with E-state index in [1.807, 2.05) is 17.5 Å². The second-order valence-corrected chi connectivity index (χ2v) is 5.38. The van der Waals surface area contributed by atoms with Crippen LogP contribution in [0.1, 0.15) is 31.6 Å². The van der Waals surface area contributed by atoms with E-state index in [1.54, 1.807) is 6.92 Å². The topological polar surface area (TPSA) is 58.6 Å². The highest BCUT2D eigenvalue weighted by Crippen LogP contribution is 2.24. The van der Waals surface area contributed by atoms with Crippen molar-refractivity contribution in [1.82, 2.24) is 5.32 Å².